The Morgan fingerprint density at radius 3 is 2.52 bits per heavy atom. The molecule has 0 saturated carbocycles. The first-order valence-corrected chi connectivity index (χ1v) is 7.65. The first-order valence-electron chi connectivity index (χ1n) is 6.45. The van der Waals surface area contributed by atoms with Gasteiger partial charge in [0.2, 0.25) is 4.77 Å². The second-order valence-corrected chi connectivity index (χ2v) is 5.82. The van der Waals surface area contributed by atoms with Crippen molar-refractivity contribution in [1.29, 1.82) is 0 Å². The number of aromatic amines is 1. The van der Waals surface area contributed by atoms with Crippen LogP contribution in [0.1, 0.15) is 5.56 Å². The van der Waals surface area contributed by atoms with Gasteiger partial charge in [0, 0.05) is 10.0 Å². The van der Waals surface area contributed by atoms with Crippen molar-refractivity contribution in [3.05, 3.63) is 69.4 Å². The highest BCUT2D eigenvalue weighted by Crippen LogP contribution is 2.16. The SMILES string of the molecule is S=c1[nH]nc(-c2ccccc2)n1NCc1ccc(Br)cc1. The number of H-pyrrole nitrogens is 1. The number of hydrogen-bond donors (Lipinski definition) is 2. The molecule has 21 heavy (non-hydrogen) atoms. The van der Waals surface area contributed by atoms with Crippen LogP contribution >= 0.6 is 28.1 Å². The summed E-state index contributed by atoms with van der Waals surface area (Å²) >= 11 is 8.72. The lowest BCUT2D eigenvalue weighted by atomic mass is 10.2. The Kier molecular flexibility index (Phi) is 4.17. The third kappa shape index (κ3) is 3.22. The summed E-state index contributed by atoms with van der Waals surface area (Å²) in [6.07, 6.45) is 0. The predicted molar refractivity (Wildman–Crippen MR) is 90.1 cm³/mol. The lowest BCUT2D eigenvalue weighted by Gasteiger charge is -2.10. The zero-order valence-electron chi connectivity index (χ0n) is 11.1. The highest BCUT2D eigenvalue weighted by molar-refractivity contribution is 9.10. The molecule has 4 nitrogen and oxygen atoms in total. The number of nitrogens with one attached hydrogen (secondary N) is 2. The maximum absolute atomic E-state index is 5.28. The molecule has 0 spiro atoms. The molecule has 0 amide bonds. The van der Waals surface area contributed by atoms with Crippen molar-refractivity contribution in [1.82, 2.24) is 14.9 Å². The molecule has 1 aromatic heterocycles. The van der Waals surface area contributed by atoms with Crippen LogP contribution in [0.2, 0.25) is 0 Å². The maximum Gasteiger partial charge on any atom is 0.214 e. The second-order valence-electron chi connectivity index (χ2n) is 4.52. The molecule has 3 aromatic rings. The van der Waals surface area contributed by atoms with Crippen molar-refractivity contribution < 1.29 is 0 Å². The van der Waals surface area contributed by atoms with Gasteiger partial charge in [-0.15, -0.1) is 0 Å². The van der Waals surface area contributed by atoms with Gasteiger partial charge in [0.25, 0.3) is 0 Å². The van der Waals surface area contributed by atoms with Crippen molar-refractivity contribution in [3.8, 4) is 11.4 Å². The molecular weight excluding hydrogens is 348 g/mol. The Labute approximate surface area is 135 Å². The fourth-order valence-electron chi connectivity index (χ4n) is 2.00. The van der Waals surface area contributed by atoms with Gasteiger partial charge >= 0.3 is 0 Å². The standard InChI is InChI=1S/C15H13BrN4S/c16-13-8-6-11(7-9-13)10-17-20-14(18-19-15(20)21)12-4-2-1-3-5-12/h1-9,17H,10H2,(H,19,21). The Bertz CT molecular complexity index is 777. The van der Waals surface area contributed by atoms with Crippen molar-refractivity contribution >= 4 is 28.1 Å². The van der Waals surface area contributed by atoms with Crippen LogP contribution in [0.25, 0.3) is 11.4 Å². The summed E-state index contributed by atoms with van der Waals surface area (Å²) in [5.41, 5.74) is 5.47. The molecule has 3 rings (SSSR count). The minimum absolute atomic E-state index is 0.547. The quantitative estimate of drug-likeness (QED) is 0.688. The molecular formula is C15H13BrN4S. The molecule has 1 heterocycles. The number of rotatable bonds is 4. The maximum atomic E-state index is 5.28. The van der Waals surface area contributed by atoms with E-state index in [1.807, 2.05) is 42.5 Å². The minimum Gasteiger partial charge on any atom is -0.317 e. The number of halogens is 1. The Balaban J connectivity index is 1.84. The van der Waals surface area contributed by atoms with Gasteiger partial charge in [-0.25, -0.2) is 9.77 Å². The van der Waals surface area contributed by atoms with Crippen LogP contribution < -0.4 is 5.43 Å². The van der Waals surface area contributed by atoms with Gasteiger partial charge in [0.1, 0.15) is 0 Å². The lowest BCUT2D eigenvalue weighted by Crippen LogP contribution is -2.15. The normalized spacial score (nSPS) is 10.5. The summed E-state index contributed by atoms with van der Waals surface area (Å²) in [6, 6.07) is 18.1. The summed E-state index contributed by atoms with van der Waals surface area (Å²) in [5.74, 6) is 0.776. The van der Waals surface area contributed by atoms with Crippen LogP contribution in [0.3, 0.4) is 0 Å². The Morgan fingerprint density at radius 2 is 1.81 bits per heavy atom. The highest BCUT2D eigenvalue weighted by Gasteiger charge is 2.07. The van der Waals surface area contributed by atoms with Crippen molar-refractivity contribution in [2.24, 2.45) is 0 Å². The summed E-state index contributed by atoms with van der Waals surface area (Å²) in [7, 11) is 0. The van der Waals surface area contributed by atoms with E-state index in [2.05, 4.69) is 43.7 Å². The van der Waals surface area contributed by atoms with E-state index in [0.717, 1.165) is 15.9 Å². The summed E-state index contributed by atoms with van der Waals surface area (Å²) in [5, 5.41) is 7.12. The van der Waals surface area contributed by atoms with Gasteiger partial charge in [-0.2, -0.15) is 5.10 Å². The summed E-state index contributed by atoms with van der Waals surface area (Å²) in [4.78, 5) is 0. The van der Waals surface area contributed by atoms with E-state index in [1.165, 1.54) is 5.56 Å². The van der Waals surface area contributed by atoms with E-state index >= 15 is 0 Å². The molecule has 0 saturated heterocycles. The second kappa shape index (κ2) is 6.24. The number of hydrogen-bond acceptors (Lipinski definition) is 3. The highest BCUT2D eigenvalue weighted by atomic mass is 79.9. The minimum atomic E-state index is 0.547. The molecule has 106 valence electrons. The third-order valence-electron chi connectivity index (χ3n) is 3.06. The average Bonchev–Trinajstić information content (AvgIpc) is 2.89. The smallest absolute Gasteiger partial charge is 0.214 e. The van der Waals surface area contributed by atoms with Crippen LogP contribution in [0.5, 0.6) is 0 Å². The Hall–Kier alpha value is -1.92. The number of nitrogens with zero attached hydrogens (tertiary/aromatic N) is 2. The molecule has 0 radical (unpaired) electrons. The number of aromatic nitrogens is 3. The molecule has 2 N–H and O–H groups in total. The van der Waals surface area contributed by atoms with Gasteiger partial charge in [-0.3, -0.25) is 0 Å². The van der Waals surface area contributed by atoms with Crippen LogP contribution in [-0.4, -0.2) is 14.9 Å². The summed E-state index contributed by atoms with van der Waals surface area (Å²) in [6.45, 7) is 0.668. The van der Waals surface area contributed by atoms with Crippen molar-refractivity contribution in [2.45, 2.75) is 6.54 Å². The van der Waals surface area contributed by atoms with Crippen molar-refractivity contribution in [3.63, 3.8) is 0 Å². The molecule has 0 aliphatic heterocycles. The molecule has 0 aliphatic rings. The molecule has 0 fully saturated rings. The predicted octanol–water partition coefficient (Wildman–Crippen LogP) is 4.11. The van der Waals surface area contributed by atoms with E-state index < -0.39 is 0 Å². The van der Waals surface area contributed by atoms with Crippen LogP contribution in [0.4, 0.5) is 0 Å². The monoisotopic (exact) mass is 360 g/mol. The molecule has 2 aromatic carbocycles. The molecule has 0 unspecified atom stereocenters. The topological polar surface area (TPSA) is 45.6 Å². The first-order chi connectivity index (χ1) is 10.2. The zero-order chi connectivity index (χ0) is 14.7. The Morgan fingerprint density at radius 1 is 1.10 bits per heavy atom. The van der Waals surface area contributed by atoms with Gasteiger partial charge in [-0.1, -0.05) is 58.4 Å². The van der Waals surface area contributed by atoms with E-state index in [0.29, 0.717) is 11.3 Å². The largest absolute Gasteiger partial charge is 0.317 e. The zero-order valence-corrected chi connectivity index (χ0v) is 13.5. The van der Waals surface area contributed by atoms with E-state index in [1.54, 1.807) is 4.68 Å². The van der Waals surface area contributed by atoms with Crippen molar-refractivity contribution in [2.75, 3.05) is 5.43 Å². The number of benzene rings is 2. The van der Waals surface area contributed by atoms with Crippen LogP contribution in [-0.2, 0) is 6.54 Å². The first kappa shape index (κ1) is 14.0. The molecule has 0 atom stereocenters. The lowest BCUT2D eigenvalue weighted by molar-refractivity contribution is 0.832. The molecule has 0 bridgehead atoms. The van der Waals surface area contributed by atoms with E-state index in [-0.39, 0.29) is 0 Å². The van der Waals surface area contributed by atoms with E-state index in [9.17, 15) is 0 Å². The average molecular weight is 361 g/mol. The molecule has 0 aliphatic carbocycles. The fourth-order valence-corrected chi connectivity index (χ4v) is 2.46. The molecule has 6 heteroatoms. The van der Waals surface area contributed by atoms with Crippen LogP contribution in [0.15, 0.2) is 59.1 Å². The summed E-state index contributed by atoms with van der Waals surface area (Å²) < 4.78 is 3.41. The van der Waals surface area contributed by atoms with Gasteiger partial charge in [0.15, 0.2) is 5.82 Å². The fraction of sp³-hybridized carbons (Fsp3) is 0.0667. The van der Waals surface area contributed by atoms with Gasteiger partial charge < -0.3 is 5.43 Å². The van der Waals surface area contributed by atoms with Gasteiger partial charge in [-0.05, 0) is 29.9 Å². The third-order valence-corrected chi connectivity index (χ3v) is 3.86. The van der Waals surface area contributed by atoms with E-state index in [4.69, 9.17) is 12.2 Å². The van der Waals surface area contributed by atoms with Gasteiger partial charge in [0.05, 0.1) is 6.54 Å². The van der Waals surface area contributed by atoms with Crippen LogP contribution in [0, 0.1) is 4.77 Å².